The van der Waals surface area contributed by atoms with E-state index in [0.717, 1.165) is 12.1 Å². The van der Waals surface area contributed by atoms with Crippen molar-refractivity contribution in [1.29, 1.82) is 0 Å². The van der Waals surface area contributed by atoms with Crippen LogP contribution in [-0.2, 0) is 17.9 Å². The molecule has 21 heavy (non-hydrogen) atoms. The van der Waals surface area contributed by atoms with Crippen molar-refractivity contribution in [2.75, 3.05) is 0 Å². The Labute approximate surface area is 129 Å². The smallest absolute Gasteiger partial charge is 0.416 e. The van der Waals surface area contributed by atoms with Gasteiger partial charge in [-0.15, -0.1) is 23.2 Å². The number of alkyl halides is 5. The minimum Gasteiger partial charge on any atom is -0.440 e. The van der Waals surface area contributed by atoms with Gasteiger partial charge in [0.25, 0.3) is 0 Å². The van der Waals surface area contributed by atoms with Crippen LogP contribution < -0.4 is 0 Å². The first-order valence-electron chi connectivity index (χ1n) is 5.90. The summed E-state index contributed by atoms with van der Waals surface area (Å²) >= 11 is 11.3. The van der Waals surface area contributed by atoms with E-state index < -0.39 is 11.7 Å². The third-order valence-corrected chi connectivity index (χ3v) is 3.16. The average molecular weight is 336 g/mol. The molecule has 2 nitrogen and oxygen atoms in total. The molecule has 0 N–H and O–H groups in total. The molecule has 0 atom stereocenters. The second kappa shape index (κ2) is 6.54. The lowest BCUT2D eigenvalue weighted by Crippen LogP contribution is -2.03. The molecule has 0 bridgehead atoms. The van der Waals surface area contributed by atoms with E-state index in [0.29, 0.717) is 22.9 Å². The largest absolute Gasteiger partial charge is 0.440 e. The molecular formula is C14H10Cl2F3NO. The van der Waals surface area contributed by atoms with Gasteiger partial charge in [-0.1, -0.05) is 18.2 Å². The fourth-order valence-corrected chi connectivity index (χ4v) is 1.96. The molecule has 0 saturated carbocycles. The molecule has 112 valence electrons. The van der Waals surface area contributed by atoms with Crippen LogP contribution in [0.4, 0.5) is 13.2 Å². The van der Waals surface area contributed by atoms with Crippen molar-refractivity contribution in [3.05, 3.63) is 52.7 Å². The van der Waals surface area contributed by atoms with Crippen molar-refractivity contribution in [3.63, 3.8) is 0 Å². The van der Waals surface area contributed by atoms with Gasteiger partial charge >= 0.3 is 6.18 Å². The fourth-order valence-electron chi connectivity index (χ4n) is 1.65. The molecular weight excluding hydrogens is 326 g/mol. The Hall–Kier alpha value is -1.46. The molecule has 0 spiro atoms. The molecule has 0 unspecified atom stereocenters. The number of oxazole rings is 1. The molecule has 0 radical (unpaired) electrons. The fraction of sp³-hybridized carbons (Fsp3) is 0.214. The van der Waals surface area contributed by atoms with Crippen molar-refractivity contribution >= 4 is 35.4 Å². The molecule has 2 aromatic rings. The molecule has 7 heteroatoms. The van der Waals surface area contributed by atoms with E-state index in [-0.39, 0.29) is 11.8 Å². The van der Waals surface area contributed by atoms with E-state index in [1.54, 1.807) is 12.2 Å². The van der Waals surface area contributed by atoms with Gasteiger partial charge in [-0.2, -0.15) is 13.2 Å². The van der Waals surface area contributed by atoms with Crippen LogP contribution in [0.25, 0.3) is 12.2 Å². The number of benzene rings is 1. The summed E-state index contributed by atoms with van der Waals surface area (Å²) in [6, 6.07) is 4.79. The summed E-state index contributed by atoms with van der Waals surface area (Å²) in [5.41, 5.74) is 0.452. The Kier molecular flexibility index (Phi) is 4.96. The number of halogens is 5. The maximum atomic E-state index is 12.4. The molecule has 0 aliphatic carbocycles. The van der Waals surface area contributed by atoms with Crippen molar-refractivity contribution in [1.82, 2.24) is 4.98 Å². The van der Waals surface area contributed by atoms with E-state index in [2.05, 4.69) is 4.98 Å². The van der Waals surface area contributed by atoms with Crippen molar-refractivity contribution in [2.45, 2.75) is 17.9 Å². The number of hydrogen-bond acceptors (Lipinski definition) is 2. The predicted molar refractivity (Wildman–Crippen MR) is 76.0 cm³/mol. The lowest BCUT2D eigenvalue weighted by atomic mass is 10.1. The van der Waals surface area contributed by atoms with Crippen molar-refractivity contribution in [3.8, 4) is 0 Å². The van der Waals surface area contributed by atoms with Crippen LogP contribution in [0.2, 0.25) is 0 Å². The van der Waals surface area contributed by atoms with Gasteiger partial charge in [0.15, 0.2) is 5.76 Å². The van der Waals surface area contributed by atoms with Crippen LogP contribution in [0.3, 0.4) is 0 Å². The highest BCUT2D eigenvalue weighted by molar-refractivity contribution is 6.17. The Bertz CT molecular complexity index is 633. The van der Waals surface area contributed by atoms with Crippen molar-refractivity contribution in [2.24, 2.45) is 0 Å². The number of aromatic nitrogens is 1. The Morgan fingerprint density at radius 3 is 2.24 bits per heavy atom. The first-order chi connectivity index (χ1) is 9.94. The van der Waals surface area contributed by atoms with Gasteiger partial charge in [0.1, 0.15) is 5.69 Å². The van der Waals surface area contributed by atoms with Crippen LogP contribution >= 0.6 is 23.2 Å². The van der Waals surface area contributed by atoms with Crippen LogP contribution in [0, 0.1) is 0 Å². The van der Waals surface area contributed by atoms with E-state index in [1.807, 2.05) is 0 Å². The summed E-state index contributed by atoms with van der Waals surface area (Å²) in [4.78, 5) is 4.08. The second-order valence-electron chi connectivity index (χ2n) is 4.14. The maximum absolute atomic E-state index is 12.4. The van der Waals surface area contributed by atoms with Crippen molar-refractivity contribution < 1.29 is 17.6 Å². The van der Waals surface area contributed by atoms with E-state index in [4.69, 9.17) is 27.6 Å². The molecule has 0 amide bonds. The average Bonchev–Trinajstić information content (AvgIpc) is 2.87. The second-order valence-corrected chi connectivity index (χ2v) is 4.67. The molecule has 0 fully saturated rings. The predicted octanol–water partition coefficient (Wildman–Crippen LogP) is 5.34. The molecule has 0 aliphatic rings. The van der Waals surface area contributed by atoms with E-state index >= 15 is 0 Å². The molecule has 1 heterocycles. The summed E-state index contributed by atoms with van der Waals surface area (Å²) < 4.78 is 42.7. The summed E-state index contributed by atoms with van der Waals surface area (Å²) in [6.45, 7) is 0. The summed E-state index contributed by atoms with van der Waals surface area (Å²) in [6.07, 6.45) is -1.12. The molecule has 0 aliphatic heterocycles. The normalized spacial score (nSPS) is 12.2. The van der Waals surface area contributed by atoms with Gasteiger partial charge in [-0.05, 0) is 23.8 Å². The van der Waals surface area contributed by atoms with E-state index in [9.17, 15) is 13.2 Å². The minimum absolute atomic E-state index is 0.123. The van der Waals surface area contributed by atoms with E-state index in [1.165, 1.54) is 12.1 Å². The Balaban J connectivity index is 2.19. The zero-order chi connectivity index (χ0) is 15.5. The lowest BCUT2D eigenvalue weighted by Gasteiger charge is -2.05. The summed E-state index contributed by atoms with van der Waals surface area (Å²) in [5.74, 6) is 1.07. The van der Waals surface area contributed by atoms with Gasteiger partial charge in [-0.3, -0.25) is 0 Å². The highest BCUT2D eigenvalue weighted by Crippen LogP contribution is 2.29. The first kappa shape index (κ1) is 15.9. The maximum Gasteiger partial charge on any atom is 0.416 e. The van der Waals surface area contributed by atoms with Crippen LogP contribution in [0.5, 0.6) is 0 Å². The highest BCUT2D eigenvalue weighted by Gasteiger charge is 2.29. The SMILES string of the molecule is FC(F)(F)c1ccc(C=Cc2oc(CCl)nc2CCl)cc1. The van der Waals surface area contributed by atoms with Gasteiger partial charge in [0.05, 0.1) is 17.3 Å². The third kappa shape index (κ3) is 4.02. The lowest BCUT2D eigenvalue weighted by molar-refractivity contribution is -0.137. The van der Waals surface area contributed by atoms with Crippen LogP contribution in [-0.4, -0.2) is 4.98 Å². The summed E-state index contributed by atoms with van der Waals surface area (Å²) in [5, 5.41) is 0. The van der Waals surface area contributed by atoms with Gasteiger partial charge in [0, 0.05) is 0 Å². The topological polar surface area (TPSA) is 26.0 Å². The Morgan fingerprint density at radius 1 is 1.05 bits per heavy atom. The zero-order valence-electron chi connectivity index (χ0n) is 10.6. The van der Waals surface area contributed by atoms with Crippen LogP contribution in [0.15, 0.2) is 28.7 Å². The molecule has 1 aromatic heterocycles. The summed E-state index contributed by atoms with van der Waals surface area (Å²) in [7, 11) is 0. The number of hydrogen-bond donors (Lipinski definition) is 0. The molecule has 2 rings (SSSR count). The molecule has 0 saturated heterocycles. The zero-order valence-corrected chi connectivity index (χ0v) is 12.1. The van der Waals surface area contributed by atoms with Gasteiger partial charge in [0.2, 0.25) is 5.89 Å². The minimum atomic E-state index is -4.34. The standard InChI is InChI=1S/C14H10Cl2F3NO/c15-7-11-12(21-13(8-16)20-11)6-3-9-1-4-10(5-2-9)14(17,18)19/h1-6H,7-8H2. The third-order valence-electron chi connectivity index (χ3n) is 2.68. The quantitative estimate of drug-likeness (QED) is 0.704. The number of nitrogens with zero attached hydrogens (tertiary/aromatic N) is 1. The van der Waals surface area contributed by atoms with Gasteiger partial charge in [-0.25, -0.2) is 4.98 Å². The monoisotopic (exact) mass is 335 g/mol. The van der Waals surface area contributed by atoms with Gasteiger partial charge < -0.3 is 4.42 Å². The first-order valence-corrected chi connectivity index (χ1v) is 6.97. The Morgan fingerprint density at radius 2 is 1.71 bits per heavy atom. The number of rotatable bonds is 4. The van der Waals surface area contributed by atoms with Crippen LogP contribution in [0.1, 0.15) is 28.5 Å². The highest BCUT2D eigenvalue weighted by atomic mass is 35.5. The molecule has 1 aromatic carbocycles.